The Labute approximate surface area is 168 Å². The molecule has 162 valence electrons. The number of aliphatic imine (C=N–C) groups is 1. The zero-order valence-corrected chi connectivity index (χ0v) is 15.6. The van der Waals surface area contributed by atoms with Gasteiger partial charge in [0.1, 0.15) is 12.1 Å². The third-order valence-electron chi connectivity index (χ3n) is 4.15. The Morgan fingerprint density at radius 1 is 1.50 bits per heavy atom. The maximum atomic E-state index is 12.0. The maximum absolute atomic E-state index is 12.0. The molecule has 1 aromatic heterocycles. The fourth-order valence-electron chi connectivity index (χ4n) is 2.62. The molecule has 2 rings (SSSR count). The highest BCUT2D eigenvalue weighted by molar-refractivity contribution is 5.76. The van der Waals surface area contributed by atoms with E-state index in [2.05, 4.69) is 4.99 Å². The second-order valence-corrected chi connectivity index (χ2v) is 6.26. The zero-order chi connectivity index (χ0) is 22.5. The summed E-state index contributed by atoms with van der Waals surface area (Å²) in [5, 5.41) is 29.9. The highest BCUT2D eigenvalue weighted by Gasteiger charge is 2.53. The molecular formula is C16H21N7O7. The van der Waals surface area contributed by atoms with E-state index in [0.29, 0.717) is 11.0 Å². The quantitative estimate of drug-likeness (QED) is 0.105. The molecule has 3 atom stereocenters. The first-order valence-corrected chi connectivity index (χ1v) is 8.62. The largest absolute Gasteiger partial charge is 0.506 e. The summed E-state index contributed by atoms with van der Waals surface area (Å²) in [7, 11) is 0. The Bertz CT molecular complexity index is 1020. The number of rotatable bonds is 8. The van der Waals surface area contributed by atoms with Gasteiger partial charge in [-0.15, -0.1) is 0 Å². The van der Waals surface area contributed by atoms with E-state index in [1.807, 2.05) is 4.98 Å². The number of aliphatic hydroxyl groups is 2. The van der Waals surface area contributed by atoms with Crippen LogP contribution < -0.4 is 28.5 Å². The van der Waals surface area contributed by atoms with Crippen LogP contribution in [0.1, 0.15) is 12.8 Å². The topological polar surface area (TPSA) is 245 Å². The van der Waals surface area contributed by atoms with E-state index >= 15 is 0 Å². The molecule has 0 spiro atoms. The maximum Gasteiger partial charge on any atom is 0.332 e. The van der Waals surface area contributed by atoms with Crippen LogP contribution in [-0.2, 0) is 20.0 Å². The molecule has 0 aromatic carbocycles. The molecule has 14 nitrogen and oxygen atoms in total. The fourth-order valence-corrected chi connectivity index (χ4v) is 2.62. The van der Waals surface area contributed by atoms with Crippen LogP contribution in [0.3, 0.4) is 0 Å². The van der Waals surface area contributed by atoms with Gasteiger partial charge in [-0.25, -0.2) is 9.36 Å². The van der Waals surface area contributed by atoms with E-state index < -0.39 is 53.2 Å². The molecule has 0 bridgehead atoms. The van der Waals surface area contributed by atoms with Crippen molar-refractivity contribution in [3.05, 3.63) is 44.6 Å². The number of nitrogens with zero attached hydrogens (tertiary/aromatic N) is 3. The smallest absolute Gasteiger partial charge is 0.332 e. The molecule has 0 saturated heterocycles. The van der Waals surface area contributed by atoms with Gasteiger partial charge in [-0.3, -0.25) is 19.6 Å². The van der Waals surface area contributed by atoms with Gasteiger partial charge in [0.25, 0.3) is 5.56 Å². The third-order valence-corrected chi connectivity index (χ3v) is 4.15. The van der Waals surface area contributed by atoms with E-state index in [9.17, 15) is 29.9 Å². The van der Waals surface area contributed by atoms with Gasteiger partial charge in [0.15, 0.2) is 30.2 Å². The van der Waals surface area contributed by atoms with Gasteiger partial charge in [-0.2, -0.15) is 5.26 Å². The molecular weight excluding hydrogens is 402 g/mol. The van der Waals surface area contributed by atoms with E-state index in [4.69, 9.17) is 26.7 Å². The Morgan fingerprint density at radius 2 is 2.20 bits per heavy atom. The Hall–Kier alpha value is -3.83. The lowest BCUT2D eigenvalue weighted by Crippen LogP contribution is -2.49. The number of esters is 1. The summed E-state index contributed by atoms with van der Waals surface area (Å²) in [6.07, 6.45) is -0.459. The van der Waals surface area contributed by atoms with Gasteiger partial charge < -0.3 is 36.9 Å². The predicted molar refractivity (Wildman–Crippen MR) is 101 cm³/mol. The first-order chi connectivity index (χ1) is 14.1. The zero-order valence-electron chi connectivity index (χ0n) is 15.6. The number of aromatic nitrogens is 2. The van der Waals surface area contributed by atoms with Crippen LogP contribution in [0.5, 0.6) is 0 Å². The van der Waals surface area contributed by atoms with Crippen LogP contribution in [-0.4, -0.2) is 57.0 Å². The second-order valence-electron chi connectivity index (χ2n) is 6.26. The SMILES string of the molecule is N#C[C@@]1(n2ccc(=O)[nH]c2=O)OC(COC(=O)[C@H](N)CCCN=C(N)N)=C(O)C1O. The number of aromatic amines is 1. The van der Waals surface area contributed by atoms with Crippen molar-refractivity contribution in [2.45, 2.75) is 30.7 Å². The molecule has 0 aliphatic carbocycles. The van der Waals surface area contributed by atoms with Gasteiger partial charge in [-0.05, 0) is 12.8 Å². The van der Waals surface area contributed by atoms with Crippen molar-refractivity contribution in [1.29, 1.82) is 5.26 Å². The number of nitriles is 1. The number of nitrogens with two attached hydrogens (primary N) is 3. The van der Waals surface area contributed by atoms with Gasteiger partial charge in [0.05, 0.1) is 0 Å². The molecule has 9 N–H and O–H groups in total. The van der Waals surface area contributed by atoms with Crippen molar-refractivity contribution in [2.24, 2.45) is 22.2 Å². The van der Waals surface area contributed by atoms with Crippen molar-refractivity contribution < 1.29 is 24.5 Å². The Morgan fingerprint density at radius 3 is 2.80 bits per heavy atom. The summed E-state index contributed by atoms with van der Waals surface area (Å²) < 4.78 is 10.8. The van der Waals surface area contributed by atoms with Gasteiger partial charge in [0, 0.05) is 18.8 Å². The number of hydrogen-bond donors (Lipinski definition) is 6. The van der Waals surface area contributed by atoms with Gasteiger partial charge in [-0.1, -0.05) is 0 Å². The Balaban J connectivity index is 2.06. The second kappa shape index (κ2) is 9.11. The molecule has 1 aliphatic heterocycles. The lowest BCUT2D eigenvalue weighted by atomic mass is 10.1. The molecule has 0 amide bonds. The van der Waals surface area contributed by atoms with Crippen molar-refractivity contribution in [2.75, 3.05) is 13.2 Å². The van der Waals surface area contributed by atoms with E-state index in [-0.39, 0.29) is 18.9 Å². The monoisotopic (exact) mass is 423 g/mol. The van der Waals surface area contributed by atoms with Crippen LogP contribution in [0.25, 0.3) is 0 Å². The molecule has 2 heterocycles. The number of hydrogen-bond acceptors (Lipinski definition) is 10. The molecule has 30 heavy (non-hydrogen) atoms. The van der Waals surface area contributed by atoms with Crippen molar-refractivity contribution >= 4 is 11.9 Å². The minimum Gasteiger partial charge on any atom is -0.506 e. The van der Waals surface area contributed by atoms with Crippen molar-refractivity contribution in [3.63, 3.8) is 0 Å². The average Bonchev–Trinajstić information content (AvgIpc) is 2.94. The number of ether oxygens (including phenoxy) is 2. The number of aliphatic hydroxyl groups excluding tert-OH is 2. The fraction of sp³-hybridized carbons (Fsp3) is 0.438. The molecule has 0 saturated carbocycles. The van der Waals surface area contributed by atoms with E-state index in [0.717, 1.165) is 12.3 Å². The molecule has 1 aliphatic rings. The normalized spacial score (nSPS) is 21.4. The van der Waals surface area contributed by atoms with Crippen LogP contribution in [0, 0.1) is 11.3 Å². The summed E-state index contributed by atoms with van der Waals surface area (Å²) in [4.78, 5) is 40.9. The highest BCUT2D eigenvalue weighted by Crippen LogP contribution is 2.36. The summed E-state index contributed by atoms with van der Waals surface area (Å²) in [6.45, 7) is -0.395. The highest BCUT2D eigenvalue weighted by atomic mass is 16.6. The lowest BCUT2D eigenvalue weighted by Gasteiger charge is -2.26. The van der Waals surface area contributed by atoms with E-state index in [1.165, 1.54) is 0 Å². The van der Waals surface area contributed by atoms with E-state index in [1.54, 1.807) is 6.07 Å². The predicted octanol–water partition coefficient (Wildman–Crippen LogP) is -3.20. The van der Waals surface area contributed by atoms with Crippen molar-refractivity contribution in [3.8, 4) is 6.07 Å². The van der Waals surface area contributed by atoms with Crippen LogP contribution in [0.15, 0.2) is 38.4 Å². The van der Waals surface area contributed by atoms with Crippen molar-refractivity contribution in [1.82, 2.24) is 9.55 Å². The number of carbonyl (C=O) groups is 1. The van der Waals surface area contributed by atoms with Crippen LogP contribution in [0.2, 0.25) is 0 Å². The number of carbonyl (C=O) groups excluding carboxylic acids is 1. The number of nitrogens with one attached hydrogen (secondary N) is 1. The summed E-state index contributed by atoms with van der Waals surface area (Å²) in [5.74, 6) is -2.20. The molecule has 1 aromatic rings. The summed E-state index contributed by atoms with van der Waals surface area (Å²) in [5.41, 5.74) is 11.9. The standard InChI is InChI=1S/C16H21N7O7/c17-7-16(23-5-3-10(24)22-15(23)28)12(26)11(25)9(30-16)6-29-13(27)8(18)2-1-4-21-14(19)20/h3,5,8,12,25-26H,1-2,4,6,18H2,(H4,19,20,21)(H,22,24,28)/t8-,12?,16-/m1/s1. The molecule has 0 radical (unpaired) electrons. The summed E-state index contributed by atoms with van der Waals surface area (Å²) in [6, 6.07) is 1.49. The molecule has 1 unspecified atom stereocenters. The van der Waals surface area contributed by atoms with Gasteiger partial charge >= 0.3 is 17.4 Å². The minimum absolute atomic E-state index is 0.0897. The molecule has 0 fully saturated rings. The average molecular weight is 423 g/mol. The lowest BCUT2D eigenvalue weighted by molar-refractivity contribution is -0.146. The summed E-state index contributed by atoms with van der Waals surface area (Å²) >= 11 is 0. The minimum atomic E-state index is -2.41. The first kappa shape index (κ1) is 22.5. The first-order valence-electron chi connectivity index (χ1n) is 8.62. The number of guanidine groups is 1. The third kappa shape index (κ3) is 4.59. The van der Waals surface area contributed by atoms with Crippen LogP contribution in [0.4, 0.5) is 0 Å². The van der Waals surface area contributed by atoms with Gasteiger partial charge in [0.2, 0.25) is 0 Å². The Kier molecular flexibility index (Phi) is 6.82. The van der Waals surface area contributed by atoms with Crippen LogP contribution >= 0.6 is 0 Å². The number of H-pyrrole nitrogens is 1. The molecule has 14 heteroatoms.